The highest BCUT2D eigenvalue weighted by atomic mass is 35.5. The van der Waals surface area contributed by atoms with E-state index in [4.69, 9.17) is 32.7 Å². The van der Waals surface area contributed by atoms with Gasteiger partial charge in [0.15, 0.2) is 12.0 Å². The number of amides is 1. The van der Waals surface area contributed by atoms with Gasteiger partial charge in [0.25, 0.3) is 5.91 Å². The smallest absolute Gasteiger partial charge is 0.305 e. The van der Waals surface area contributed by atoms with Crippen LogP contribution in [0.25, 0.3) is 0 Å². The lowest BCUT2D eigenvalue weighted by Gasteiger charge is -2.32. The molecule has 3 aromatic rings. The van der Waals surface area contributed by atoms with E-state index in [9.17, 15) is 19.5 Å². The van der Waals surface area contributed by atoms with E-state index < -0.39 is 36.4 Å². The molecule has 2 heterocycles. The van der Waals surface area contributed by atoms with Gasteiger partial charge in [-0.2, -0.15) is 0 Å². The van der Waals surface area contributed by atoms with Gasteiger partial charge in [-0.15, -0.1) is 0 Å². The van der Waals surface area contributed by atoms with Crippen LogP contribution in [-0.4, -0.2) is 48.0 Å². The molecule has 0 spiro atoms. The number of benzene rings is 3. The van der Waals surface area contributed by atoms with E-state index in [2.05, 4.69) is 0 Å². The molecule has 3 aromatic carbocycles. The summed E-state index contributed by atoms with van der Waals surface area (Å²) in [5.41, 5.74) is 0.630. The maximum absolute atomic E-state index is 15.3. The molecule has 5 rings (SSSR count). The molecule has 0 aliphatic carbocycles. The first-order valence-corrected chi connectivity index (χ1v) is 14.5. The molecule has 7 nitrogen and oxygen atoms in total. The van der Waals surface area contributed by atoms with E-state index in [1.807, 2.05) is 44.2 Å². The molecule has 1 unspecified atom stereocenters. The molecular formula is C32H34Cl2FNO6. The Morgan fingerprint density at radius 1 is 1.02 bits per heavy atom. The Morgan fingerprint density at radius 2 is 1.62 bits per heavy atom. The number of aliphatic carboxylic acids is 1. The molecule has 42 heavy (non-hydrogen) atoms. The number of carboxylic acid groups (broad SMARTS) is 1. The molecule has 1 saturated heterocycles. The van der Waals surface area contributed by atoms with Gasteiger partial charge in [0, 0.05) is 47.4 Å². The third kappa shape index (κ3) is 7.95. The van der Waals surface area contributed by atoms with Gasteiger partial charge in [0.05, 0.1) is 18.0 Å². The van der Waals surface area contributed by atoms with Crippen LogP contribution in [-0.2, 0) is 14.3 Å². The van der Waals surface area contributed by atoms with E-state index in [1.165, 1.54) is 18.1 Å². The zero-order chi connectivity index (χ0) is 30.8. The van der Waals surface area contributed by atoms with Crippen LogP contribution in [0.4, 0.5) is 4.39 Å². The fourth-order valence-electron chi connectivity index (χ4n) is 4.95. The second-order valence-corrected chi connectivity index (χ2v) is 10.3. The van der Waals surface area contributed by atoms with Crippen molar-refractivity contribution in [1.29, 1.82) is 0 Å². The third-order valence-electron chi connectivity index (χ3n) is 6.89. The number of hydrogen-bond acceptors (Lipinski definition) is 5. The molecular weight excluding hydrogens is 584 g/mol. The number of halogens is 3. The maximum Gasteiger partial charge on any atom is 0.305 e. The van der Waals surface area contributed by atoms with Crippen molar-refractivity contribution in [1.82, 2.24) is 4.90 Å². The van der Waals surface area contributed by atoms with E-state index in [-0.39, 0.29) is 28.4 Å². The SMILES string of the molecule is CC.COC1c2c(F)cc(C(=O)C3CCOCC3)cc2C(=O)N1[C@@H](CC(=O)O)c1ccc(Cl)cc1.Clc1ccccc1. The van der Waals surface area contributed by atoms with Crippen LogP contribution in [0.1, 0.15) is 77.2 Å². The lowest BCUT2D eigenvalue weighted by molar-refractivity contribution is -0.139. The summed E-state index contributed by atoms with van der Waals surface area (Å²) < 4.78 is 26.0. The van der Waals surface area contributed by atoms with Crippen molar-refractivity contribution in [3.8, 4) is 0 Å². The second kappa shape index (κ2) is 15.8. The van der Waals surface area contributed by atoms with E-state index in [0.717, 1.165) is 11.1 Å². The number of carboxylic acids is 1. The predicted octanol–water partition coefficient (Wildman–Crippen LogP) is 7.77. The number of rotatable bonds is 7. The van der Waals surface area contributed by atoms with E-state index >= 15 is 4.39 Å². The van der Waals surface area contributed by atoms with Crippen molar-refractivity contribution in [2.45, 2.75) is 45.4 Å². The Morgan fingerprint density at radius 3 is 2.14 bits per heavy atom. The average Bonchev–Trinajstić information content (AvgIpc) is 3.29. The van der Waals surface area contributed by atoms with Crippen LogP contribution in [0.15, 0.2) is 66.7 Å². The third-order valence-corrected chi connectivity index (χ3v) is 7.39. The number of carbonyl (C=O) groups excluding carboxylic acids is 2. The van der Waals surface area contributed by atoms with Gasteiger partial charge < -0.3 is 19.5 Å². The van der Waals surface area contributed by atoms with Crippen LogP contribution in [0.5, 0.6) is 0 Å². The molecule has 0 bridgehead atoms. The number of methoxy groups -OCH3 is 1. The van der Waals surface area contributed by atoms with Gasteiger partial charge in [-0.3, -0.25) is 14.4 Å². The largest absolute Gasteiger partial charge is 0.481 e. The number of ether oxygens (including phenoxy) is 2. The molecule has 0 aromatic heterocycles. The number of nitrogens with zero attached hydrogens (tertiary/aromatic N) is 1. The monoisotopic (exact) mass is 617 g/mol. The number of carbonyl (C=O) groups is 3. The Kier molecular flexibility index (Phi) is 12.5. The number of fused-ring (bicyclic) bond motifs is 1. The standard InChI is InChI=1S/C24H23ClFNO6.C6H5Cl.C2H6/c1-32-24-21-17(10-15(11-18(21)26)22(30)14-6-8-33-9-7-14)23(31)27(24)19(12-20(28)29)13-2-4-16(25)5-3-13;7-6-4-2-1-3-5-6;1-2/h2-5,10-11,14,19,24H,6-9,12H2,1H3,(H,28,29);1-5H;1-2H3/t19-,24?;;/m0../s1. The quantitative estimate of drug-likeness (QED) is 0.272. The first-order chi connectivity index (χ1) is 20.2. The van der Waals surface area contributed by atoms with Gasteiger partial charge in [-0.1, -0.05) is 67.4 Å². The fraction of sp³-hybridized carbons (Fsp3) is 0.344. The van der Waals surface area contributed by atoms with Crippen molar-refractivity contribution < 1.29 is 33.4 Å². The first kappa shape index (κ1) is 33.2. The van der Waals surface area contributed by atoms with Gasteiger partial charge in [0.2, 0.25) is 0 Å². The zero-order valence-corrected chi connectivity index (χ0v) is 25.2. The van der Waals surface area contributed by atoms with Crippen molar-refractivity contribution in [3.05, 3.63) is 105 Å². The maximum atomic E-state index is 15.3. The highest BCUT2D eigenvalue weighted by Crippen LogP contribution is 2.43. The van der Waals surface area contributed by atoms with Crippen molar-refractivity contribution >= 4 is 40.9 Å². The Labute approximate surface area is 255 Å². The second-order valence-electron chi connectivity index (χ2n) is 9.43. The molecule has 1 amide bonds. The molecule has 2 atom stereocenters. The molecule has 0 saturated carbocycles. The molecule has 1 N–H and O–H groups in total. The lowest BCUT2D eigenvalue weighted by Crippen LogP contribution is -2.34. The van der Waals surface area contributed by atoms with Gasteiger partial charge >= 0.3 is 5.97 Å². The fourth-order valence-corrected chi connectivity index (χ4v) is 5.22. The topological polar surface area (TPSA) is 93.1 Å². The molecule has 2 aliphatic rings. The summed E-state index contributed by atoms with van der Waals surface area (Å²) in [5, 5.41) is 10.8. The van der Waals surface area contributed by atoms with Crippen LogP contribution in [0.3, 0.4) is 0 Å². The molecule has 2 aliphatic heterocycles. The average molecular weight is 619 g/mol. The highest BCUT2D eigenvalue weighted by Gasteiger charge is 2.44. The van der Waals surface area contributed by atoms with Crippen molar-refractivity contribution in [2.75, 3.05) is 20.3 Å². The van der Waals surface area contributed by atoms with Crippen LogP contribution < -0.4 is 0 Å². The minimum Gasteiger partial charge on any atom is -0.481 e. The highest BCUT2D eigenvalue weighted by molar-refractivity contribution is 6.30. The summed E-state index contributed by atoms with van der Waals surface area (Å²) >= 11 is 11.5. The molecule has 0 radical (unpaired) electrons. The van der Waals surface area contributed by atoms with Crippen molar-refractivity contribution in [3.63, 3.8) is 0 Å². The normalized spacial score (nSPS) is 16.9. The van der Waals surface area contributed by atoms with Crippen LogP contribution >= 0.6 is 23.2 Å². The molecule has 10 heteroatoms. The Hall–Kier alpha value is -3.30. The van der Waals surface area contributed by atoms with Crippen molar-refractivity contribution in [2.24, 2.45) is 5.92 Å². The van der Waals surface area contributed by atoms with Gasteiger partial charge in [0.1, 0.15) is 5.82 Å². The van der Waals surface area contributed by atoms with Gasteiger partial charge in [-0.05, 0) is 54.8 Å². The summed E-state index contributed by atoms with van der Waals surface area (Å²) in [6, 6.07) is 17.5. The number of hydrogen-bond donors (Lipinski definition) is 1. The predicted molar refractivity (Wildman–Crippen MR) is 159 cm³/mol. The summed E-state index contributed by atoms with van der Waals surface area (Å²) in [7, 11) is 1.32. The number of Topliss-reactive ketones (excluding diaryl/α,β-unsaturated/α-hetero) is 1. The summed E-state index contributed by atoms with van der Waals surface area (Å²) in [4.78, 5) is 39.3. The molecule has 1 fully saturated rings. The van der Waals surface area contributed by atoms with Crippen LogP contribution in [0.2, 0.25) is 10.0 Å². The first-order valence-electron chi connectivity index (χ1n) is 13.7. The summed E-state index contributed by atoms with van der Waals surface area (Å²) in [5.74, 6) is -3.00. The lowest BCUT2D eigenvalue weighted by atomic mass is 9.89. The summed E-state index contributed by atoms with van der Waals surface area (Å²) in [6.45, 7) is 4.92. The number of ketones is 1. The Bertz CT molecular complexity index is 1360. The Balaban J connectivity index is 0.000000465. The van der Waals surface area contributed by atoms with Crippen LogP contribution in [0, 0.1) is 11.7 Å². The minimum atomic E-state index is -1.14. The van der Waals surface area contributed by atoms with Gasteiger partial charge in [-0.25, -0.2) is 4.39 Å². The minimum absolute atomic E-state index is 0.00149. The summed E-state index contributed by atoms with van der Waals surface area (Å²) in [6.07, 6.45) is -0.485. The van der Waals surface area contributed by atoms with E-state index in [0.29, 0.717) is 36.6 Å². The zero-order valence-electron chi connectivity index (χ0n) is 23.7. The molecule has 224 valence electrons. The van der Waals surface area contributed by atoms with E-state index in [1.54, 1.807) is 24.3 Å².